The Hall–Kier alpha value is -2.68. The lowest BCUT2D eigenvalue weighted by Crippen LogP contribution is -2.48. The molecule has 2 aromatic carbocycles. The van der Waals surface area contributed by atoms with E-state index in [1.165, 1.54) is 5.56 Å². The molecule has 43 heavy (non-hydrogen) atoms. The van der Waals surface area contributed by atoms with Crippen molar-refractivity contribution in [2.45, 2.75) is 37.7 Å². The van der Waals surface area contributed by atoms with Crippen molar-refractivity contribution in [3.8, 4) is 5.75 Å². The first-order chi connectivity index (χ1) is 20.9. The van der Waals surface area contributed by atoms with Crippen molar-refractivity contribution in [2.75, 3.05) is 64.7 Å². The van der Waals surface area contributed by atoms with Gasteiger partial charge < -0.3 is 14.7 Å². The van der Waals surface area contributed by atoms with Crippen molar-refractivity contribution in [1.82, 2.24) is 14.7 Å². The molecule has 6 nitrogen and oxygen atoms in total. The van der Waals surface area contributed by atoms with E-state index in [1.807, 2.05) is 48.6 Å². The summed E-state index contributed by atoms with van der Waals surface area (Å²) >= 11 is 1.79. The van der Waals surface area contributed by atoms with Gasteiger partial charge in [0.25, 0.3) is 0 Å². The van der Waals surface area contributed by atoms with E-state index in [-0.39, 0.29) is 17.5 Å². The molecule has 2 saturated heterocycles. The van der Waals surface area contributed by atoms with E-state index in [0.29, 0.717) is 17.2 Å². The maximum absolute atomic E-state index is 13.0. The molecule has 0 bridgehead atoms. The summed E-state index contributed by atoms with van der Waals surface area (Å²) < 4.78 is 5.72. The normalized spacial score (nSPS) is 25.3. The van der Waals surface area contributed by atoms with Crippen LogP contribution in [-0.2, 0) is 11.2 Å². The van der Waals surface area contributed by atoms with E-state index in [9.17, 15) is 9.90 Å². The summed E-state index contributed by atoms with van der Waals surface area (Å²) in [5, 5.41) is 10.7. The molecule has 2 fully saturated rings. The smallest absolute Gasteiger partial charge is 0.343 e. The van der Waals surface area contributed by atoms with E-state index >= 15 is 0 Å². The Morgan fingerprint density at radius 2 is 1.72 bits per heavy atom. The molecule has 3 unspecified atom stereocenters. The van der Waals surface area contributed by atoms with Gasteiger partial charge in [-0.2, -0.15) is 0 Å². The van der Waals surface area contributed by atoms with Crippen molar-refractivity contribution in [3.05, 3.63) is 96.1 Å². The van der Waals surface area contributed by atoms with Crippen molar-refractivity contribution in [3.63, 3.8) is 0 Å². The van der Waals surface area contributed by atoms with Gasteiger partial charge in [0.1, 0.15) is 5.75 Å². The number of nitrogens with zero attached hydrogens (tertiary/aromatic N) is 3. The van der Waals surface area contributed by atoms with Crippen LogP contribution in [0.4, 0.5) is 0 Å². The number of aliphatic hydroxyl groups excluding tert-OH is 1. The van der Waals surface area contributed by atoms with Crippen LogP contribution in [0, 0.1) is 11.3 Å². The first kappa shape index (κ1) is 31.7. The summed E-state index contributed by atoms with van der Waals surface area (Å²) in [6.07, 6.45) is 11.8. The van der Waals surface area contributed by atoms with Gasteiger partial charge in [0.15, 0.2) is 0 Å². The van der Waals surface area contributed by atoms with E-state index in [0.717, 1.165) is 82.4 Å². The first-order valence-corrected chi connectivity index (χ1v) is 16.8. The number of benzene rings is 2. The van der Waals surface area contributed by atoms with Gasteiger partial charge in [0.2, 0.25) is 0 Å². The van der Waals surface area contributed by atoms with Gasteiger partial charge in [-0.05, 0) is 67.8 Å². The van der Waals surface area contributed by atoms with E-state index in [1.54, 1.807) is 11.8 Å². The third-order valence-corrected chi connectivity index (χ3v) is 9.96. The van der Waals surface area contributed by atoms with E-state index in [2.05, 4.69) is 65.0 Å². The number of aliphatic hydroxyl groups is 1. The molecule has 2 aromatic rings. The largest absolute Gasteiger partial charge is 0.423 e. The number of hydrogen-bond acceptors (Lipinski definition) is 7. The number of thioether (sulfide) groups is 1. The predicted molar refractivity (Wildman–Crippen MR) is 177 cm³/mol. The molecule has 0 radical (unpaired) electrons. The standard InChI is InChI=1S/C36H47N3O3S/c1-3-37-20-22-39(23-21-37)28-36(2)17-7-10-30(15-18-36)35(41)42-32-11-13-33(14-12-32)43-25-24-38-19-16-31(34(40)27-38)26-29-8-5-4-6-9-29/h4-15,17-18,31,34,40H,3,16,19-28H2,1-2H3. The predicted octanol–water partition coefficient (Wildman–Crippen LogP) is 5.31. The number of piperazine rings is 1. The number of carbonyl (C=O) groups excluding carboxylic acids is 1. The molecular formula is C36H47N3O3S. The van der Waals surface area contributed by atoms with Gasteiger partial charge in [0.05, 0.1) is 11.7 Å². The summed E-state index contributed by atoms with van der Waals surface area (Å²) in [4.78, 5) is 21.5. The van der Waals surface area contributed by atoms with Crippen LogP contribution in [0.2, 0.25) is 0 Å². The fourth-order valence-corrected chi connectivity index (χ4v) is 7.13. The van der Waals surface area contributed by atoms with E-state index < -0.39 is 0 Å². The zero-order valence-electron chi connectivity index (χ0n) is 25.7. The van der Waals surface area contributed by atoms with Crippen LogP contribution in [-0.4, -0.2) is 96.5 Å². The Kier molecular flexibility index (Phi) is 11.3. The molecule has 230 valence electrons. The fourth-order valence-electron chi connectivity index (χ4n) is 6.22. The Balaban J connectivity index is 1.03. The minimum Gasteiger partial charge on any atom is -0.423 e. The van der Waals surface area contributed by atoms with Crippen molar-refractivity contribution in [1.29, 1.82) is 0 Å². The van der Waals surface area contributed by atoms with Gasteiger partial charge in [0, 0.05) is 61.9 Å². The van der Waals surface area contributed by atoms with Gasteiger partial charge >= 0.3 is 5.97 Å². The maximum Gasteiger partial charge on any atom is 0.343 e. The number of esters is 1. The lowest BCUT2D eigenvalue weighted by Gasteiger charge is -2.38. The zero-order chi connectivity index (χ0) is 30.1. The number of rotatable bonds is 11. The highest BCUT2D eigenvalue weighted by molar-refractivity contribution is 7.99. The monoisotopic (exact) mass is 601 g/mol. The quantitative estimate of drug-likeness (QED) is 0.213. The van der Waals surface area contributed by atoms with Crippen molar-refractivity contribution >= 4 is 17.7 Å². The molecule has 5 rings (SSSR count). The van der Waals surface area contributed by atoms with Crippen LogP contribution in [0.5, 0.6) is 5.75 Å². The SMILES string of the molecule is CCN1CCN(CC2(C)C=CC=C(C(=O)Oc3ccc(SCCN4CCC(Cc5ccccc5)C(O)C4)cc3)C=C2)CC1. The molecular weight excluding hydrogens is 554 g/mol. The molecule has 7 heteroatoms. The third kappa shape index (κ3) is 9.40. The highest BCUT2D eigenvalue weighted by Crippen LogP contribution is 2.28. The summed E-state index contributed by atoms with van der Waals surface area (Å²) in [6.45, 7) is 13.6. The summed E-state index contributed by atoms with van der Waals surface area (Å²) in [5.74, 6) is 1.50. The lowest BCUT2D eigenvalue weighted by molar-refractivity contribution is -0.129. The summed E-state index contributed by atoms with van der Waals surface area (Å²) in [5.41, 5.74) is 1.74. The number of ether oxygens (including phenoxy) is 1. The van der Waals surface area contributed by atoms with Crippen LogP contribution in [0.1, 0.15) is 25.8 Å². The van der Waals surface area contributed by atoms with Crippen LogP contribution >= 0.6 is 11.8 Å². The third-order valence-electron chi connectivity index (χ3n) is 8.97. The second-order valence-electron chi connectivity index (χ2n) is 12.3. The summed E-state index contributed by atoms with van der Waals surface area (Å²) in [7, 11) is 0. The van der Waals surface area contributed by atoms with Crippen LogP contribution in [0.25, 0.3) is 0 Å². The minimum absolute atomic E-state index is 0.123. The van der Waals surface area contributed by atoms with E-state index in [4.69, 9.17) is 4.74 Å². The molecule has 3 atom stereocenters. The highest BCUT2D eigenvalue weighted by atomic mass is 32.2. The average Bonchev–Trinajstić information content (AvgIpc) is 3.21. The molecule has 1 aliphatic carbocycles. The van der Waals surface area contributed by atoms with Crippen molar-refractivity contribution < 1.29 is 14.6 Å². The Bertz CT molecular complexity index is 1270. The molecule has 0 saturated carbocycles. The number of likely N-dealkylation sites (tertiary alicyclic amines) is 1. The van der Waals surface area contributed by atoms with Crippen LogP contribution in [0.15, 0.2) is 95.4 Å². The number of β-amino-alcohol motifs (C(OH)–C–C–N with tert-alkyl or cyclic N) is 1. The Morgan fingerprint density at radius 1 is 0.977 bits per heavy atom. The van der Waals surface area contributed by atoms with Gasteiger partial charge in [-0.3, -0.25) is 9.80 Å². The number of likely N-dealkylation sites (N-methyl/N-ethyl adjacent to an activating group) is 1. The second-order valence-corrected chi connectivity index (χ2v) is 13.5. The molecule has 2 aliphatic heterocycles. The molecule has 0 spiro atoms. The maximum atomic E-state index is 13.0. The lowest BCUT2D eigenvalue weighted by atomic mass is 9.88. The van der Waals surface area contributed by atoms with Crippen molar-refractivity contribution in [2.24, 2.45) is 11.3 Å². The van der Waals surface area contributed by atoms with Gasteiger partial charge in [-0.15, -0.1) is 11.8 Å². The Labute approximate surface area is 262 Å². The van der Waals surface area contributed by atoms with Gasteiger partial charge in [-0.1, -0.05) is 68.5 Å². The number of piperidine rings is 1. The second kappa shape index (κ2) is 15.4. The molecule has 2 heterocycles. The zero-order valence-corrected chi connectivity index (χ0v) is 26.6. The summed E-state index contributed by atoms with van der Waals surface area (Å²) in [6, 6.07) is 18.3. The molecule has 1 N–H and O–H groups in total. The average molecular weight is 602 g/mol. The first-order valence-electron chi connectivity index (χ1n) is 15.8. The fraction of sp³-hybridized carbons (Fsp3) is 0.472. The molecule has 0 amide bonds. The number of hydrogen-bond donors (Lipinski definition) is 1. The molecule has 3 aliphatic rings. The minimum atomic E-state index is -0.337. The van der Waals surface area contributed by atoms with Crippen LogP contribution in [0.3, 0.4) is 0 Å². The van der Waals surface area contributed by atoms with Crippen LogP contribution < -0.4 is 4.74 Å². The highest BCUT2D eigenvalue weighted by Gasteiger charge is 2.28. The number of carbonyl (C=O) groups is 1. The Morgan fingerprint density at radius 3 is 2.44 bits per heavy atom. The topological polar surface area (TPSA) is 56.2 Å². The molecule has 0 aromatic heterocycles. The van der Waals surface area contributed by atoms with Gasteiger partial charge in [-0.25, -0.2) is 4.79 Å². The number of allylic oxidation sites excluding steroid dienone is 2.